The van der Waals surface area contributed by atoms with Gasteiger partial charge in [0.25, 0.3) is 0 Å². The third-order valence-electron chi connectivity index (χ3n) is 2.99. The van der Waals surface area contributed by atoms with Gasteiger partial charge in [-0.1, -0.05) is 42.5 Å². The van der Waals surface area contributed by atoms with Gasteiger partial charge in [0.15, 0.2) is 0 Å². The molecule has 1 heteroatoms. The molecule has 0 aliphatic rings. The largest absolute Gasteiger partial charge is 0.232 e. The van der Waals surface area contributed by atoms with Crippen LogP contribution in [0.1, 0.15) is 5.56 Å². The molecular weight excluding hydrogens is 196 g/mol. The lowest BCUT2D eigenvalue weighted by molar-refractivity contribution is 0.179. The van der Waals surface area contributed by atoms with Gasteiger partial charge in [-0.2, -0.15) is 0 Å². The molecule has 1 radical (unpaired) electrons. The monoisotopic (exact) mass is 207 g/mol. The standard InChI is InChI=1S/C15H11O/c16-10-14-7-3-6-13-8-11-4-1-2-5-12(11)9-15(13)14/h1-9H,10H2. The van der Waals surface area contributed by atoms with Crippen molar-refractivity contribution in [3.8, 4) is 0 Å². The van der Waals surface area contributed by atoms with Gasteiger partial charge >= 0.3 is 0 Å². The number of fused-ring (bicyclic) bond motifs is 2. The third-order valence-corrected chi connectivity index (χ3v) is 2.99. The molecule has 0 bridgehead atoms. The van der Waals surface area contributed by atoms with E-state index in [2.05, 4.69) is 30.3 Å². The van der Waals surface area contributed by atoms with Crippen molar-refractivity contribution >= 4 is 21.5 Å². The second-order valence-corrected chi connectivity index (χ2v) is 3.98. The first-order chi connectivity index (χ1) is 7.88. The van der Waals surface area contributed by atoms with Gasteiger partial charge in [-0.3, -0.25) is 0 Å². The predicted octanol–water partition coefficient (Wildman–Crippen LogP) is 3.92. The van der Waals surface area contributed by atoms with Crippen molar-refractivity contribution < 1.29 is 5.11 Å². The van der Waals surface area contributed by atoms with Crippen molar-refractivity contribution in [1.82, 2.24) is 0 Å². The van der Waals surface area contributed by atoms with Crippen molar-refractivity contribution in [2.24, 2.45) is 0 Å². The number of benzene rings is 3. The van der Waals surface area contributed by atoms with Gasteiger partial charge in [-0.05, 0) is 39.2 Å². The van der Waals surface area contributed by atoms with E-state index in [1.807, 2.05) is 24.3 Å². The highest BCUT2D eigenvalue weighted by atomic mass is 16.3. The zero-order valence-electron chi connectivity index (χ0n) is 8.81. The molecule has 0 unspecified atom stereocenters. The zero-order valence-corrected chi connectivity index (χ0v) is 8.81. The normalized spacial score (nSPS) is 11.1. The van der Waals surface area contributed by atoms with Crippen LogP contribution < -0.4 is 0 Å². The highest BCUT2D eigenvalue weighted by molar-refractivity contribution is 5.99. The van der Waals surface area contributed by atoms with Gasteiger partial charge in [0.1, 0.15) is 6.61 Å². The van der Waals surface area contributed by atoms with Gasteiger partial charge in [-0.15, -0.1) is 0 Å². The van der Waals surface area contributed by atoms with Gasteiger partial charge in [-0.25, -0.2) is 5.11 Å². The molecule has 0 spiro atoms. The molecule has 0 atom stereocenters. The van der Waals surface area contributed by atoms with Crippen LogP contribution >= 0.6 is 0 Å². The Labute approximate surface area is 94.0 Å². The van der Waals surface area contributed by atoms with Crippen LogP contribution in [0.25, 0.3) is 21.5 Å². The molecule has 0 saturated heterocycles. The molecule has 0 amide bonds. The van der Waals surface area contributed by atoms with Crippen LogP contribution in [0.15, 0.2) is 54.6 Å². The van der Waals surface area contributed by atoms with E-state index in [0.717, 1.165) is 16.3 Å². The highest BCUT2D eigenvalue weighted by Gasteiger charge is 2.01. The lowest BCUT2D eigenvalue weighted by Crippen LogP contribution is -1.84. The van der Waals surface area contributed by atoms with Gasteiger partial charge in [0.2, 0.25) is 0 Å². The van der Waals surface area contributed by atoms with E-state index in [4.69, 9.17) is 0 Å². The summed E-state index contributed by atoms with van der Waals surface area (Å²) < 4.78 is 0. The molecule has 3 aromatic rings. The number of hydrogen-bond donors (Lipinski definition) is 0. The fourth-order valence-corrected chi connectivity index (χ4v) is 2.16. The smallest absolute Gasteiger partial charge is 0.108 e. The minimum absolute atomic E-state index is 0.157. The predicted molar refractivity (Wildman–Crippen MR) is 65.8 cm³/mol. The molecule has 0 fully saturated rings. The Hall–Kier alpha value is -1.86. The summed E-state index contributed by atoms with van der Waals surface area (Å²) in [7, 11) is 0. The molecule has 0 heterocycles. The summed E-state index contributed by atoms with van der Waals surface area (Å²) in [6.07, 6.45) is 0. The van der Waals surface area contributed by atoms with Crippen LogP contribution in [-0.4, -0.2) is 0 Å². The quantitative estimate of drug-likeness (QED) is 0.539. The third kappa shape index (κ3) is 1.37. The summed E-state index contributed by atoms with van der Waals surface area (Å²) in [4.78, 5) is 0. The summed E-state index contributed by atoms with van der Waals surface area (Å²) in [5.74, 6) is 0. The van der Waals surface area contributed by atoms with Crippen LogP contribution in [0, 0.1) is 0 Å². The number of hydrogen-bond acceptors (Lipinski definition) is 0. The van der Waals surface area contributed by atoms with Crippen molar-refractivity contribution in [2.75, 3.05) is 0 Å². The van der Waals surface area contributed by atoms with Crippen LogP contribution in [0.2, 0.25) is 0 Å². The summed E-state index contributed by atoms with van der Waals surface area (Å²) in [5.41, 5.74) is 0.878. The lowest BCUT2D eigenvalue weighted by atomic mass is 10.0. The Kier molecular flexibility index (Phi) is 2.12. The summed E-state index contributed by atoms with van der Waals surface area (Å²) in [6.45, 7) is -0.157. The summed E-state index contributed by atoms with van der Waals surface area (Å²) in [6, 6.07) is 18.4. The van der Waals surface area contributed by atoms with E-state index in [1.54, 1.807) is 0 Å². The molecule has 1 nitrogen and oxygen atoms in total. The van der Waals surface area contributed by atoms with E-state index < -0.39 is 0 Å². The zero-order chi connectivity index (χ0) is 11.0. The van der Waals surface area contributed by atoms with Crippen molar-refractivity contribution in [1.29, 1.82) is 0 Å². The molecule has 0 N–H and O–H groups in total. The average Bonchev–Trinajstić information content (AvgIpc) is 2.35. The molecule has 0 aromatic heterocycles. The fraction of sp³-hybridized carbons (Fsp3) is 0.0667. The SMILES string of the molecule is [O]Cc1cccc2cc3ccccc3cc12. The van der Waals surface area contributed by atoms with E-state index in [1.165, 1.54) is 10.8 Å². The van der Waals surface area contributed by atoms with Gasteiger partial charge in [0, 0.05) is 0 Å². The maximum Gasteiger partial charge on any atom is 0.108 e. The first kappa shape index (κ1) is 9.37. The Morgan fingerprint density at radius 3 is 2.19 bits per heavy atom. The van der Waals surface area contributed by atoms with E-state index in [-0.39, 0.29) is 6.61 Å². The molecular formula is C15H11O. The summed E-state index contributed by atoms with van der Waals surface area (Å²) >= 11 is 0. The Morgan fingerprint density at radius 2 is 1.44 bits per heavy atom. The second kappa shape index (κ2) is 3.62. The Bertz CT molecular complexity index is 656. The lowest BCUT2D eigenvalue weighted by Gasteiger charge is -2.05. The molecule has 3 rings (SSSR count). The average molecular weight is 207 g/mol. The molecule has 0 saturated carbocycles. The first-order valence-corrected chi connectivity index (χ1v) is 5.37. The van der Waals surface area contributed by atoms with Gasteiger partial charge < -0.3 is 0 Å². The minimum Gasteiger partial charge on any atom is -0.232 e. The van der Waals surface area contributed by atoms with E-state index in [9.17, 15) is 5.11 Å². The van der Waals surface area contributed by atoms with Crippen molar-refractivity contribution in [2.45, 2.75) is 6.61 Å². The van der Waals surface area contributed by atoms with E-state index >= 15 is 0 Å². The summed E-state index contributed by atoms with van der Waals surface area (Å²) in [5, 5.41) is 15.7. The molecule has 0 aliphatic carbocycles. The fourth-order valence-electron chi connectivity index (χ4n) is 2.16. The second-order valence-electron chi connectivity index (χ2n) is 3.98. The highest BCUT2D eigenvalue weighted by Crippen LogP contribution is 2.25. The Balaban J connectivity index is 2.46. The van der Waals surface area contributed by atoms with Crippen LogP contribution in [-0.2, 0) is 11.7 Å². The van der Waals surface area contributed by atoms with Crippen LogP contribution in [0.5, 0.6) is 0 Å². The van der Waals surface area contributed by atoms with E-state index in [0.29, 0.717) is 0 Å². The minimum atomic E-state index is -0.157. The van der Waals surface area contributed by atoms with Crippen LogP contribution in [0.4, 0.5) is 0 Å². The van der Waals surface area contributed by atoms with Crippen molar-refractivity contribution in [3.63, 3.8) is 0 Å². The van der Waals surface area contributed by atoms with Crippen LogP contribution in [0.3, 0.4) is 0 Å². The first-order valence-electron chi connectivity index (χ1n) is 5.37. The molecule has 0 aliphatic heterocycles. The topological polar surface area (TPSA) is 19.9 Å². The maximum absolute atomic E-state index is 11.1. The molecule has 77 valence electrons. The van der Waals surface area contributed by atoms with Gasteiger partial charge in [0.05, 0.1) is 0 Å². The van der Waals surface area contributed by atoms with Crippen molar-refractivity contribution in [3.05, 3.63) is 60.2 Å². The number of rotatable bonds is 1. The molecule has 3 aromatic carbocycles. The Morgan fingerprint density at radius 1 is 0.750 bits per heavy atom. The molecule has 16 heavy (non-hydrogen) atoms. The maximum atomic E-state index is 11.1.